The van der Waals surface area contributed by atoms with Crippen molar-refractivity contribution in [2.75, 3.05) is 19.8 Å². The molecule has 1 fully saturated rings. The molecule has 104 valence electrons. The van der Waals surface area contributed by atoms with Gasteiger partial charge in [0.25, 0.3) is 0 Å². The van der Waals surface area contributed by atoms with Gasteiger partial charge in [0.2, 0.25) is 0 Å². The van der Waals surface area contributed by atoms with Crippen molar-refractivity contribution in [1.82, 2.24) is 5.32 Å². The average Bonchev–Trinajstić information content (AvgIpc) is 3.22. The molecule has 0 radical (unpaired) electrons. The number of aliphatic hydroxyl groups is 1. The molecule has 1 saturated carbocycles. The summed E-state index contributed by atoms with van der Waals surface area (Å²) in [4.78, 5) is 0. The summed E-state index contributed by atoms with van der Waals surface area (Å²) in [6.07, 6.45) is 3.33. The second-order valence-electron chi connectivity index (χ2n) is 5.64. The van der Waals surface area contributed by atoms with Gasteiger partial charge in [-0.15, -0.1) is 0 Å². The van der Waals surface area contributed by atoms with Gasteiger partial charge in [-0.05, 0) is 37.5 Å². The van der Waals surface area contributed by atoms with Crippen molar-refractivity contribution >= 4 is 0 Å². The van der Waals surface area contributed by atoms with Crippen LogP contribution in [0.5, 0.6) is 11.5 Å². The zero-order valence-electron chi connectivity index (χ0n) is 11.3. The summed E-state index contributed by atoms with van der Waals surface area (Å²) in [7, 11) is 0. The molecule has 4 nitrogen and oxygen atoms in total. The first-order valence-electron chi connectivity index (χ1n) is 7.01. The number of benzene rings is 1. The van der Waals surface area contributed by atoms with Gasteiger partial charge in [-0.1, -0.05) is 6.07 Å². The summed E-state index contributed by atoms with van der Waals surface area (Å²) in [5.41, 5.74) is -0.0160. The van der Waals surface area contributed by atoms with Gasteiger partial charge in [0.05, 0.1) is 18.8 Å². The van der Waals surface area contributed by atoms with Gasteiger partial charge in [0, 0.05) is 19.0 Å². The van der Waals surface area contributed by atoms with Crippen LogP contribution in [0.3, 0.4) is 0 Å². The Morgan fingerprint density at radius 1 is 1.26 bits per heavy atom. The van der Waals surface area contributed by atoms with Crippen LogP contribution in [0, 0.1) is 0 Å². The van der Waals surface area contributed by atoms with Crippen molar-refractivity contribution in [3.8, 4) is 11.5 Å². The minimum atomic E-state index is -0.882. The third-order valence-corrected chi connectivity index (χ3v) is 3.68. The molecular formula is C15H21NO3. The summed E-state index contributed by atoms with van der Waals surface area (Å²) < 4.78 is 11.3. The van der Waals surface area contributed by atoms with Crippen LogP contribution in [0.15, 0.2) is 18.2 Å². The highest BCUT2D eigenvalue weighted by Gasteiger charge is 2.29. The number of hydrogen-bond acceptors (Lipinski definition) is 4. The molecule has 2 N–H and O–H groups in total. The molecule has 4 heteroatoms. The Labute approximate surface area is 113 Å². The van der Waals surface area contributed by atoms with Crippen molar-refractivity contribution in [3.63, 3.8) is 0 Å². The Bertz CT molecular complexity index is 455. The lowest BCUT2D eigenvalue weighted by atomic mass is 9.95. The van der Waals surface area contributed by atoms with Crippen LogP contribution in [0.25, 0.3) is 0 Å². The fourth-order valence-corrected chi connectivity index (χ4v) is 2.23. The van der Waals surface area contributed by atoms with Crippen LogP contribution in [0.2, 0.25) is 0 Å². The lowest BCUT2D eigenvalue weighted by molar-refractivity contribution is 0.0563. The summed E-state index contributed by atoms with van der Waals surface area (Å²) >= 11 is 0. The molecule has 19 heavy (non-hydrogen) atoms. The normalized spacial score (nSPS) is 21.6. The van der Waals surface area contributed by atoms with Gasteiger partial charge in [0.1, 0.15) is 0 Å². The summed E-state index contributed by atoms with van der Waals surface area (Å²) in [5.74, 6) is 1.51. The molecule has 1 heterocycles. The van der Waals surface area contributed by atoms with Crippen molar-refractivity contribution in [2.45, 2.75) is 37.8 Å². The first-order valence-corrected chi connectivity index (χ1v) is 7.01. The van der Waals surface area contributed by atoms with E-state index in [4.69, 9.17) is 9.47 Å². The molecule has 1 unspecified atom stereocenters. The largest absolute Gasteiger partial charge is 0.490 e. The van der Waals surface area contributed by atoms with Crippen LogP contribution in [-0.2, 0) is 5.60 Å². The molecule has 1 aliphatic heterocycles. The highest BCUT2D eigenvalue weighted by molar-refractivity contribution is 5.45. The quantitative estimate of drug-likeness (QED) is 0.870. The predicted molar refractivity (Wildman–Crippen MR) is 72.6 cm³/mol. The van der Waals surface area contributed by atoms with Gasteiger partial charge >= 0.3 is 0 Å². The van der Waals surface area contributed by atoms with Gasteiger partial charge < -0.3 is 19.9 Å². The Kier molecular flexibility index (Phi) is 3.37. The molecule has 3 rings (SSSR count). The molecule has 1 atom stereocenters. The van der Waals surface area contributed by atoms with E-state index in [2.05, 4.69) is 5.32 Å². The van der Waals surface area contributed by atoms with E-state index in [0.29, 0.717) is 25.8 Å². The molecule has 0 amide bonds. The van der Waals surface area contributed by atoms with Crippen LogP contribution in [0.1, 0.15) is 31.7 Å². The van der Waals surface area contributed by atoms with E-state index in [1.165, 1.54) is 12.8 Å². The third-order valence-electron chi connectivity index (χ3n) is 3.68. The van der Waals surface area contributed by atoms with E-state index in [9.17, 15) is 5.11 Å². The van der Waals surface area contributed by atoms with E-state index in [1.54, 1.807) is 0 Å². The molecule has 0 bridgehead atoms. The maximum absolute atomic E-state index is 10.6. The van der Waals surface area contributed by atoms with Gasteiger partial charge in [-0.2, -0.15) is 0 Å². The molecule has 2 aliphatic rings. The molecule has 0 aromatic heterocycles. The Morgan fingerprint density at radius 3 is 2.74 bits per heavy atom. The molecule has 1 aliphatic carbocycles. The molecule has 0 spiro atoms. The second kappa shape index (κ2) is 5.02. The topological polar surface area (TPSA) is 50.7 Å². The molecule has 1 aromatic carbocycles. The lowest BCUT2D eigenvalue weighted by Crippen LogP contribution is -2.36. The van der Waals surface area contributed by atoms with Crippen molar-refractivity contribution in [2.24, 2.45) is 0 Å². The van der Waals surface area contributed by atoms with Crippen LogP contribution in [0.4, 0.5) is 0 Å². The maximum atomic E-state index is 10.6. The lowest BCUT2D eigenvalue weighted by Gasteiger charge is -2.25. The van der Waals surface area contributed by atoms with Crippen molar-refractivity contribution < 1.29 is 14.6 Å². The average molecular weight is 263 g/mol. The van der Waals surface area contributed by atoms with Crippen LogP contribution < -0.4 is 14.8 Å². The van der Waals surface area contributed by atoms with Crippen molar-refractivity contribution in [3.05, 3.63) is 23.8 Å². The highest BCUT2D eigenvalue weighted by atomic mass is 16.5. The SMILES string of the molecule is CC(O)(CNC1CC1)c1ccc2c(c1)OCCCO2. The fraction of sp³-hybridized carbons (Fsp3) is 0.600. The van der Waals surface area contributed by atoms with E-state index in [-0.39, 0.29) is 0 Å². The summed E-state index contributed by atoms with van der Waals surface area (Å²) in [5, 5.41) is 13.9. The molecular weight excluding hydrogens is 242 g/mol. The second-order valence-corrected chi connectivity index (χ2v) is 5.64. The minimum Gasteiger partial charge on any atom is -0.490 e. The number of hydrogen-bond donors (Lipinski definition) is 2. The Balaban J connectivity index is 1.77. The highest BCUT2D eigenvalue weighted by Crippen LogP contribution is 2.34. The minimum absolute atomic E-state index is 0.567. The zero-order chi connectivity index (χ0) is 13.3. The summed E-state index contributed by atoms with van der Waals surface area (Å²) in [6, 6.07) is 6.30. The third kappa shape index (κ3) is 3.01. The summed E-state index contributed by atoms with van der Waals surface area (Å²) in [6.45, 7) is 3.75. The van der Waals surface area contributed by atoms with Gasteiger partial charge in [-0.25, -0.2) is 0 Å². The monoisotopic (exact) mass is 263 g/mol. The fourth-order valence-electron chi connectivity index (χ4n) is 2.23. The van der Waals surface area contributed by atoms with E-state index in [0.717, 1.165) is 23.5 Å². The smallest absolute Gasteiger partial charge is 0.161 e. The first kappa shape index (κ1) is 12.8. The Morgan fingerprint density at radius 2 is 2.00 bits per heavy atom. The van der Waals surface area contributed by atoms with Crippen molar-refractivity contribution in [1.29, 1.82) is 0 Å². The van der Waals surface area contributed by atoms with E-state index < -0.39 is 5.60 Å². The number of nitrogens with one attached hydrogen (secondary N) is 1. The number of fused-ring (bicyclic) bond motifs is 1. The number of rotatable bonds is 4. The molecule has 1 aromatic rings. The zero-order valence-corrected chi connectivity index (χ0v) is 11.3. The van der Waals surface area contributed by atoms with E-state index >= 15 is 0 Å². The number of ether oxygens (including phenoxy) is 2. The first-order chi connectivity index (χ1) is 9.15. The van der Waals surface area contributed by atoms with E-state index in [1.807, 2.05) is 25.1 Å². The molecule has 0 saturated heterocycles. The Hall–Kier alpha value is -1.26. The standard InChI is InChI=1S/C15H21NO3/c1-15(17,10-16-12-4-5-12)11-3-6-13-14(9-11)19-8-2-7-18-13/h3,6,9,12,16-17H,2,4-5,7-8,10H2,1H3. The van der Waals surface area contributed by atoms with Gasteiger partial charge in [-0.3, -0.25) is 0 Å². The van der Waals surface area contributed by atoms with Crippen LogP contribution in [-0.4, -0.2) is 30.9 Å². The van der Waals surface area contributed by atoms with Crippen LogP contribution >= 0.6 is 0 Å². The predicted octanol–water partition coefficient (Wildman–Crippen LogP) is 1.81. The maximum Gasteiger partial charge on any atom is 0.161 e. The van der Waals surface area contributed by atoms with Gasteiger partial charge in [0.15, 0.2) is 11.5 Å².